The van der Waals surface area contributed by atoms with E-state index < -0.39 is 0 Å². The van der Waals surface area contributed by atoms with Crippen LogP contribution in [0.4, 0.5) is 0 Å². The SMILES string of the molecule is Cc1cc(CN(C)C2CCCC2)oc1CNC(C)C. The maximum Gasteiger partial charge on any atom is 0.120 e. The summed E-state index contributed by atoms with van der Waals surface area (Å²) in [5.74, 6) is 2.19. The molecule has 0 atom stereocenters. The van der Waals surface area contributed by atoms with Gasteiger partial charge in [-0.05, 0) is 38.4 Å². The lowest BCUT2D eigenvalue weighted by Gasteiger charge is -2.22. The van der Waals surface area contributed by atoms with Gasteiger partial charge in [0.15, 0.2) is 0 Å². The van der Waals surface area contributed by atoms with E-state index >= 15 is 0 Å². The molecule has 0 spiro atoms. The van der Waals surface area contributed by atoms with E-state index in [-0.39, 0.29) is 0 Å². The van der Waals surface area contributed by atoms with Crippen LogP contribution in [0.5, 0.6) is 0 Å². The van der Waals surface area contributed by atoms with Crippen LogP contribution in [-0.4, -0.2) is 24.0 Å². The molecule has 0 aromatic carbocycles. The van der Waals surface area contributed by atoms with Crippen LogP contribution in [-0.2, 0) is 13.1 Å². The monoisotopic (exact) mass is 264 g/mol. The highest BCUT2D eigenvalue weighted by Gasteiger charge is 2.20. The molecule has 1 heterocycles. The van der Waals surface area contributed by atoms with Crippen LogP contribution in [0.25, 0.3) is 0 Å². The smallest absolute Gasteiger partial charge is 0.120 e. The van der Waals surface area contributed by atoms with Crippen molar-refractivity contribution in [2.45, 2.75) is 71.6 Å². The Kier molecular flexibility index (Phi) is 5.06. The van der Waals surface area contributed by atoms with Crippen LogP contribution >= 0.6 is 0 Å². The van der Waals surface area contributed by atoms with Gasteiger partial charge in [0.05, 0.1) is 13.1 Å². The second-order valence-electron chi connectivity index (χ2n) is 6.21. The molecule has 1 N–H and O–H groups in total. The number of furan rings is 1. The Morgan fingerprint density at radius 1 is 1.37 bits per heavy atom. The van der Waals surface area contributed by atoms with Gasteiger partial charge in [0, 0.05) is 12.1 Å². The van der Waals surface area contributed by atoms with E-state index in [2.05, 4.69) is 44.1 Å². The number of hydrogen-bond donors (Lipinski definition) is 1. The zero-order chi connectivity index (χ0) is 13.8. The van der Waals surface area contributed by atoms with Crippen LogP contribution in [0.3, 0.4) is 0 Å². The molecule has 3 heteroatoms. The van der Waals surface area contributed by atoms with Gasteiger partial charge in [-0.15, -0.1) is 0 Å². The third-order valence-electron chi connectivity index (χ3n) is 4.10. The van der Waals surface area contributed by atoms with E-state index in [4.69, 9.17) is 4.42 Å². The van der Waals surface area contributed by atoms with Gasteiger partial charge in [-0.2, -0.15) is 0 Å². The first-order chi connectivity index (χ1) is 9.06. The summed E-state index contributed by atoms with van der Waals surface area (Å²) in [6.07, 6.45) is 5.46. The maximum atomic E-state index is 5.99. The highest BCUT2D eigenvalue weighted by molar-refractivity contribution is 5.20. The zero-order valence-electron chi connectivity index (χ0n) is 12.8. The molecule has 0 saturated heterocycles. The Labute approximate surface area is 117 Å². The van der Waals surface area contributed by atoms with Gasteiger partial charge >= 0.3 is 0 Å². The van der Waals surface area contributed by atoms with Crippen LogP contribution in [0.15, 0.2) is 10.5 Å². The van der Waals surface area contributed by atoms with E-state index in [1.54, 1.807) is 0 Å². The first-order valence-electron chi connectivity index (χ1n) is 7.58. The molecule has 2 rings (SSSR count). The lowest BCUT2D eigenvalue weighted by molar-refractivity contribution is 0.217. The largest absolute Gasteiger partial charge is 0.463 e. The normalized spacial score (nSPS) is 16.9. The summed E-state index contributed by atoms with van der Waals surface area (Å²) >= 11 is 0. The zero-order valence-corrected chi connectivity index (χ0v) is 12.8. The molecule has 1 aromatic rings. The van der Waals surface area contributed by atoms with Gasteiger partial charge < -0.3 is 9.73 Å². The minimum Gasteiger partial charge on any atom is -0.463 e. The van der Waals surface area contributed by atoms with Gasteiger partial charge in [-0.3, -0.25) is 4.90 Å². The maximum absolute atomic E-state index is 5.99. The number of hydrogen-bond acceptors (Lipinski definition) is 3. The van der Waals surface area contributed by atoms with Crippen LogP contribution in [0.1, 0.15) is 56.6 Å². The first-order valence-corrected chi connectivity index (χ1v) is 7.58. The molecule has 0 unspecified atom stereocenters. The molecular formula is C16H28N2O. The Morgan fingerprint density at radius 2 is 2.05 bits per heavy atom. The van der Waals surface area contributed by atoms with E-state index in [1.807, 2.05) is 0 Å². The van der Waals surface area contributed by atoms with Gasteiger partial charge in [-0.1, -0.05) is 26.7 Å². The molecule has 1 saturated carbocycles. The molecule has 0 bridgehead atoms. The number of aryl methyl sites for hydroxylation is 1. The first kappa shape index (κ1) is 14.6. The van der Waals surface area contributed by atoms with Crippen molar-refractivity contribution in [1.29, 1.82) is 0 Å². The molecule has 0 aliphatic heterocycles. The highest BCUT2D eigenvalue weighted by atomic mass is 16.3. The average Bonchev–Trinajstić information content (AvgIpc) is 2.96. The fraction of sp³-hybridized carbons (Fsp3) is 0.750. The molecule has 0 radical (unpaired) electrons. The summed E-state index contributed by atoms with van der Waals surface area (Å²) in [4.78, 5) is 2.45. The standard InChI is InChI=1S/C16H28N2O/c1-12(2)17-10-16-13(3)9-15(19-16)11-18(4)14-7-5-6-8-14/h9,12,14,17H,5-8,10-11H2,1-4H3. The minimum absolute atomic E-state index is 0.495. The minimum atomic E-state index is 0.495. The van der Waals surface area contributed by atoms with E-state index in [9.17, 15) is 0 Å². The summed E-state index contributed by atoms with van der Waals surface area (Å²) in [5, 5.41) is 3.42. The second-order valence-corrected chi connectivity index (χ2v) is 6.21. The Hall–Kier alpha value is -0.800. The highest BCUT2D eigenvalue weighted by Crippen LogP contribution is 2.24. The van der Waals surface area contributed by atoms with E-state index in [0.29, 0.717) is 6.04 Å². The quantitative estimate of drug-likeness (QED) is 0.853. The molecule has 3 nitrogen and oxygen atoms in total. The van der Waals surface area contributed by atoms with Crippen molar-refractivity contribution in [3.8, 4) is 0 Å². The predicted octanol–water partition coefficient (Wildman–Crippen LogP) is 3.46. The fourth-order valence-corrected chi connectivity index (χ4v) is 2.86. The molecule has 108 valence electrons. The van der Waals surface area contributed by atoms with Crippen LogP contribution in [0, 0.1) is 6.92 Å². The van der Waals surface area contributed by atoms with Gasteiger partial charge in [0.2, 0.25) is 0 Å². The van der Waals surface area contributed by atoms with Crippen LogP contribution in [0.2, 0.25) is 0 Å². The lowest BCUT2D eigenvalue weighted by Crippen LogP contribution is -2.28. The van der Waals surface area contributed by atoms with E-state index in [0.717, 1.165) is 30.7 Å². The molecular weight excluding hydrogens is 236 g/mol. The summed E-state index contributed by atoms with van der Waals surface area (Å²) in [7, 11) is 2.22. The number of nitrogens with one attached hydrogen (secondary N) is 1. The van der Waals surface area contributed by atoms with E-state index in [1.165, 1.54) is 31.2 Å². The summed E-state index contributed by atoms with van der Waals surface area (Å²) in [6, 6.07) is 3.44. The van der Waals surface area contributed by atoms with Crippen LogP contribution < -0.4 is 5.32 Å². The lowest BCUT2D eigenvalue weighted by atomic mass is 10.2. The van der Waals surface area contributed by atoms with Crippen molar-refractivity contribution in [3.63, 3.8) is 0 Å². The Morgan fingerprint density at radius 3 is 2.68 bits per heavy atom. The molecule has 0 amide bonds. The molecule has 19 heavy (non-hydrogen) atoms. The Bertz CT molecular complexity index is 391. The number of nitrogens with zero attached hydrogens (tertiary/aromatic N) is 1. The van der Waals surface area contributed by atoms with Crippen molar-refractivity contribution in [3.05, 3.63) is 23.2 Å². The third-order valence-corrected chi connectivity index (χ3v) is 4.10. The van der Waals surface area contributed by atoms with Crippen molar-refractivity contribution >= 4 is 0 Å². The topological polar surface area (TPSA) is 28.4 Å². The third kappa shape index (κ3) is 4.08. The van der Waals surface area contributed by atoms with Crippen molar-refractivity contribution in [2.75, 3.05) is 7.05 Å². The van der Waals surface area contributed by atoms with Crippen molar-refractivity contribution < 1.29 is 4.42 Å². The molecule has 1 aliphatic rings. The Balaban J connectivity index is 1.91. The summed E-state index contributed by atoms with van der Waals surface area (Å²) in [5.41, 5.74) is 1.27. The van der Waals surface area contributed by atoms with Gasteiger partial charge in [-0.25, -0.2) is 0 Å². The molecule has 1 aromatic heterocycles. The summed E-state index contributed by atoms with van der Waals surface area (Å²) < 4.78 is 5.99. The van der Waals surface area contributed by atoms with Crippen molar-refractivity contribution in [1.82, 2.24) is 10.2 Å². The predicted molar refractivity (Wildman–Crippen MR) is 79.1 cm³/mol. The summed E-state index contributed by atoms with van der Waals surface area (Å²) in [6.45, 7) is 8.23. The average molecular weight is 264 g/mol. The molecule has 1 fully saturated rings. The fourth-order valence-electron chi connectivity index (χ4n) is 2.86. The molecule has 1 aliphatic carbocycles. The van der Waals surface area contributed by atoms with Crippen molar-refractivity contribution in [2.24, 2.45) is 0 Å². The number of rotatable bonds is 6. The van der Waals surface area contributed by atoms with Gasteiger partial charge in [0.25, 0.3) is 0 Å². The van der Waals surface area contributed by atoms with Gasteiger partial charge in [0.1, 0.15) is 11.5 Å². The second kappa shape index (κ2) is 6.58.